The number of anilines is 1. The molecule has 1 spiro atoms. The predicted octanol–water partition coefficient (Wildman–Crippen LogP) is 4.19. The average Bonchev–Trinajstić information content (AvgIpc) is 3.46. The van der Waals surface area contributed by atoms with Crippen molar-refractivity contribution in [2.45, 2.75) is 75.0 Å². The van der Waals surface area contributed by atoms with Crippen LogP contribution in [0.25, 0.3) is 0 Å². The molecule has 3 aliphatic rings. The van der Waals surface area contributed by atoms with E-state index < -0.39 is 33.4 Å². The molecular weight excluding hydrogens is 500 g/mol. The molecule has 8 heteroatoms. The smallest absolute Gasteiger partial charge is 0.311 e. The summed E-state index contributed by atoms with van der Waals surface area (Å²) in [6.45, 7) is 15.7. The van der Waals surface area contributed by atoms with Crippen LogP contribution in [-0.2, 0) is 19.1 Å². The number of aliphatic hydroxyl groups excluding tert-OH is 1. The van der Waals surface area contributed by atoms with Crippen molar-refractivity contribution in [3.05, 3.63) is 54.6 Å². The molecule has 0 radical (unpaired) electrons. The summed E-state index contributed by atoms with van der Waals surface area (Å²) in [4.78, 5) is 45.7. The number of nitrogens with zero attached hydrogens (tertiary/aromatic N) is 2. The highest BCUT2D eigenvalue weighted by molar-refractivity contribution is 8.02. The van der Waals surface area contributed by atoms with Gasteiger partial charge < -0.3 is 19.6 Å². The van der Waals surface area contributed by atoms with E-state index in [1.165, 1.54) is 0 Å². The second-order valence-corrected chi connectivity index (χ2v) is 12.9. The monoisotopic (exact) mass is 540 g/mol. The van der Waals surface area contributed by atoms with Gasteiger partial charge in [-0.2, -0.15) is 0 Å². The number of carbonyl (C=O) groups excluding carboxylic acids is 3. The van der Waals surface area contributed by atoms with E-state index in [4.69, 9.17) is 4.74 Å². The maximum Gasteiger partial charge on any atom is 0.311 e. The Morgan fingerprint density at radius 3 is 2.66 bits per heavy atom. The van der Waals surface area contributed by atoms with Crippen LogP contribution in [0.1, 0.15) is 50.7 Å². The third-order valence-electron chi connectivity index (χ3n) is 8.58. The second-order valence-electron chi connectivity index (χ2n) is 11.0. The quantitative estimate of drug-likeness (QED) is 0.257. The summed E-state index contributed by atoms with van der Waals surface area (Å²) >= 11 is 1.61. The minimum absolute atomic E-state index is 0.196. The van der Waals surface area contributed by atoms with Crippen LogP contribution in [0.5, 0.6) is 0 Å². The number of amides is 2. The molecule has 3 heterocycles. The first-order valence-corrected chi connectivity index (χ1v) is 14.3. The van der Waals surface area contributed by atoms with Gasteiger partial charge in [0, 0.05) is 17.0 Å². The normalized spacial score (nSPS) is 30.2. The summed E-state index contributed by atoms with van der Waals surface area (Å²) < 4.78 is 4.34. The van der Waals surface area contributed by atoms with Crippen molar-refractivity contribution in [1.29, 1.82) is 0 Å². The molecule has 7 nitrogen and oxygen atoms in total. The van der Waals surface area contributed by atoms with E-state index >= 15 is 0 Å². The molecular formula is C30H40N2O5S. The number of carbonyl (C=O) groups is 3. The average molecular weight is 541 g/mol. The van der Waals surface area contributed by atoms with Crippen molar-refractivity contribution < 1.29 is 24.2 Å². The molecule has 0 aliphatic carbocycles. The van der Waals surface area contributed by atoms with E-state index in [-0.39, 0.29) is 37.5 Å². The summed E-state index contributed by atoms with van der Waals surface area (Å²) in [7, 11) is 0. The van der Waals surface area contributed by atoms with Gasteiger partial charge in [0.25, 0.3) is 5.91 Å². The van der Waals surface area contributed by atoms with Gasteiger partial charge in [0.2, 0.25) is 5.91 Å². The standard InChI is InChI=1S/C30H40N2O5S/c1-7-10-16-37-28(36)24-23-26(34)32(21(9-3)18-33)25(30(23)14-13-29(24,6)38-30)27(35)31(15-8-2)22-17-19(4)11-12-20(22)5/h7-8,11-12,17,21,23-25,33H,1-2,9-10,13-16,18H2,3-6H3/t21-,23-,24-,25?,29+,30?/m0/s1. The topological polar surface area (TPSA) is 87.1 Å². The molecule has 4 rings (SSSR count). The van der Waals surface area contributed by atoms with E-state index in [0.29, 0.717) is 25.7 Å². The molecule has 1 N–H and O–H groups in total. The number of ether oxygens (including phenoxy) is 1. The second kappa shape index (κ2) is 10.9. The summed E-state index contributed by atoms with van der Waals surface area (Å²) in [5.74, 6) is -2.14. The molecule has 6 atom stereocenters. The lowest BCUT2D eigenvalue weighted by molar-refractivity contribution is -0.156. The minimum atomic E-state index is -0.810. The van der Waals surface area contributed by atoms with Crippen LogP contribution < -0.4 is 4.90 Å². The van der Waals surface area contributed by atoms with Gasteiger partial charge in [-0.1, -0.05) is 31.2 Å². The van der Waals surface area contributed by atoms with Gasteiger partial charge in [0.15, 0.2) is 0 Å². The Hall–Kier alpha value is -2.58. The van der Waals surface area contributed by atoms with Crippen molar-refractivity contribution in [3.63, 3.8) is 0 Å². The number of hydrogen-bond acceptors (Lipinski definition) is 6. The van der Waals surface area contributed by atoms with Gasteiger partial charge in [-0.15, -0.1) is 24.9 Å². The van der Waals surface area contributed by atoms with E-state index in [9.17, 15) is 19.5 Å². The molecule has 2 bridgehead atoms. The van der Waals surface area contributed by atoms with Crippen molar-refractivity contribution in [3.8, 4) is 0 Å². The molecule has 1 aromatic rings. The molecule has 38 heavy (non-hydrogen) atoms. The highest BCUT2D eigenvalue weighted by atomic mass is 32.2. The Morgan fingerprint density at radius 1 is 1.29 bits per heavy atom. The zero-order chi connectivity index (χ0) is 27.8. The van der Waals surface area contributed by atoms with Crippen molar-refractivity contribution in [2.24, 2.45) is 11.8 Å². The Morgan fingerprint density at radius 2 is 2.03 bits per heavy atom. The molecule has 2 amide bonds. The number of esters is 1. The summed E-state index contributed by atoms with van der Waals surface area (Å²) in [6, 6.07) is 4.64. The van der Waals surface area contributed by atoms with E-state index in [0.717, 1.165) is 16.8 Å². The summed E-state index contributed by atoms with van der Waals surface area (Å²) in [6.07, 6.45) is 5.77. The third kappa shape index (κ3) is 4.39. The molecule has 206 valence electrons. The van der Waals surface area contributed by atoms with Crippen LogP contribution in [0.3, 0.4) is 0 Å². The first kappa shape index (κ1) is 28.4. The fourth-order valence-electron chi connectivity index (χ4n) is 6.73. The number of hydrogen-bond donors (Lipinski definition) is 1. The number of rotatable bonds is 11. The Labute approximate surface area is 230 Å². The molecule has 3 saturated heterocycles. The fraction of sp³-hybridized carbons (Fsp3) is 0.567. The number of aliphatic hydroxyl groups is 1. The lowest BCUT2D eigenvalue weighted by Gasteiger charge is -2.39. The SMILES string of the molecule is C=CCCOC(=O)[C@@H]1[C@H]2C(=O)N([C@@H](CC)CO)C(C(=O)N(CC=C)c3cc(C)ccc3C)C23CC[C@@]1(C)S3. The van der Waals surface area contributed by atoms with Crippen LogP contribution in [0.4, 0.5) is 5.69 Å². The molecule has 0 saturated carbocycles. The lowest BCUT2D eigenvalue weighted by atomic mass is 9.66. The van der Waals surface area contributed by atoms with Crippen LogP contribution >= 0.6 is 11.8 Å². The Bertz CT molecular complexity index is 1130. The highest BCUT2D eigenvalue weighted by Gasteiger charge is 2.78. The van der Waals surface area contributed by atoms with Gasteiger partial charge in [-0.3, -0.25) is 14.4 Å². The molecule has 1 aromatic carbocycles. The minimum Gasteiger partial charge on any atom is -0.465 e. The van der Waals surface area contributed by atoms with Gasteiger partial charge in [-0.05, 0) is 63.6 Å². The number of fused-ring (bicyclic) bond motifs is 1. The van der Waals surface area contributed by atoms with Crippen molar-refractivity contribution in [2.75, 3.05) is 24.7 Å². The molecule has 3 aliphatic heterocycles. The van der Waals surface area contributed by atoms with Gasteiger partial charge >= 0.3 is 5.97 Å². The van der Waals surface area contributed by atoms with E-state index in [2.05, 4.69) is 13.2 Å². The third-order valence-corrected chi connectivity index (χ3v) is 10.6. The van der Waals surface area contributed by atoms with Crippen LogP contribution in [0, 0.1) is 25.7 Å². The first-order chi connectivity index (χ1) is 18.1. The maximum atomic E-state index is 14.7. The largest absolute Gasteiger partial charge is 0.465 e. The number of benzene rings is 1. The number of aryl methyl sites for hydroxylation is 2. The van der Waals surface area contributed by atoms with Gasteiger partial charge in [0.05, 0.1) is 35.8 Å². The summed E-state index contributed by atoms with van der Waals surface area (Å²) in [5.41, 5.74) is 2.75. The summed E-state index contributed by atoms with van der Waals surface area (Å²) in [5, 5.41) is 10.3. The van der Waals surface area contributed by atoms with Crippen LogP contribution in [0.15, 0.2) is 43.5 Å². The van der Waals surface area contributed by atoms with Gasteiger partial charge in [0.1, 0.15) is 6.04 Å². The number of likely N-dealkylation sites (tertiary alicyclic amines) is 1. The molecule has 2 unspecified atom stereocenters. The predicted molar refractivity (Wildman–Crippen MR) is 151 cm³/mol. The zero-order valence-electron chi connectivity index (χ0n) is 22.9. The van der Waals surface area contributed by atoms with Crippen molar-refractivity contribution >= 4 is 35.2 Å². The maximum absolute atomic E-state index is 14.7. The van der Waals surface area contributed by atoms with Gasteiger partial charge in [-0.25, -0.2) is 0 Å². The Balaban J connectivity index is 1.83. The van der Waals surface area contributed by atoms with Crippen LogP contribution in [-0.4, -0.2) is 69.1 Å². The highest BCUT2D eigenvalue weighted by Crippen LogP contribution is 2.71. The first-order valence-electron chi connectivity index (χ1n) is 13.5. The van der Waals surface area contributed by atoms with Crippen molar-refractivity contribution in [1.82, 2.24) is 4.90 Å². The fourth-order valence-corrected chi connectivity index (χ4v) is 9.06. The molecule has 3 fully saturated rings. The van der Waals surface area contributed by atoms with Crippen LogP contribution in [0.2, 0.25) is 0 Å². The lowest BCUT2D eigenvalue weighted by Crippen LogP contribution is -2.57. The van der Waals surface area contributed by atoms with E-state index in [1.807, 2.05) is 45.9 Å². The molecule has 0 aromatic heterocycles. The zero-order valence-corrected chi connectivity index (χ0v) is 23.8. The van der Waals surface area contributed by atoms with E-state index in [1.54, 1.807) is 33.7 Å². The number of thioether (sulfide) groups is 1. The Kier molecular flexibility index (Phi) is 8.15.